The van der Waals surface area contributed by atoms with Crippen molar-refractivity contribution in [3.05, 3.63) is 23.8 Å². The number of hydrogen-bond acceptors (Lipinski definition) is 4. The summed E-state index contributed by atoms with van der Waals surface area (Å²) < 4.78 is 11.7. The molecule has 5 nitrogen and oxygen atoms in total. The quantitative estimate of drug-likeness (QED) is 0.773. The zero-order valence-corrected chi connectivity index (χ0v) is 11.6. The number of hydrogen-bond donors (Lipinski definition) is 2. The van der Waals surface area contributed by atoms with Crippen LogP contribution in [0.5, 0.6) is 5.75 Å². The van der Waals surface area contributed by atoms with Crippen molar-refractivity contribution in [3.8, 4) is 5.75 Å². The molecule has 3 N–H and O–H groups in total. The number of primary amides is 1. The van der Waals surface area contributed by atoms with Crippen LogP contribution in [0.25, 0.3) is 0 Å². The van der Waals surface area contributed by atoms with Gasteiger partial charge in [-0.1, -0.05) is 6.07 Å². The third-order valence-electron chi connectivity index (χ3n) is 3.81. The molecule has 1 aliphatic rings. The van der Waals surface area contributed by atoms with Gasteiger partial charge in [0, 0.05) is 5.56 Å². The van der Waals surface area contributed by atoms with Crippen molar-refractivity contribution in [2.75, 3.05) is 0 Å². The lowest BCUT2D eigenvalue weighted by Gasteiger charge is -2.32. The minimum absolute atomic E-state index is 0.0194. The second kappa shape index (κ2) is 4.25. The number of phenols is 1. The van der Waals surface area contributed by atoms with Crippen LogP contribution in [0.1, 0.15) is 38.1 Å². The lowest BCUT2D eigenvalue weighted by atomic mass is 9.75. The number of nitrogens with two attached hydrogens (primary N) is 1. The van der Waals surface area contributed by atoms with Crippen molar-refractivity contribution in [1.82, 2.24) is 0 Å². The van der Waals surface area contributed by atoms with Gasteiger partial charge >= 0.3 is 7.12 Å². The first kappa shape index (κ1) is 13.9. The molecule has 0 radical (unpaired) electrons. The van der Waals surface area contributed by atoms with Crippen molar-refractivity contribution in [2.45, 2.75) is 38.9 Å². The fourth-order valence-corrected chi connectivity index (χ4v) is 1.93. The Morgan fingerprint density at radius 1 is 1.21 bits per heavy atom. The van der Waals surface area contributed by atoms with Gasteiger partial charge in [0.15, 0.2) is 0 Å². The van der Waals surface area contributed by atoms with Crippen LogP contribution in [-0.4, -0.2) is 29.3 Å². The number of aromatic hydroxyl groups is 1. The van der Waals surface area contributed by atoms with E-state index in [0.29, 0.717) is 5.46 Å². The van der Waals surface area contributed by atoms with Gasteiger partial charge in [0.1, 0.15) is 5.75 Å². The smallest absolute Gasteiger partial charge is 0.495 e. The summed E-state index contributed by atoms with van der Waals surface area (Å²) in [4.78, 5) is 11.5. The molecule has 0 atom stereocenters. The first-order chi connectivity index (χ1) is 8.64. The van der Waals surface area contributed by atoms with Crippen molar-refractivity contribution in [1.29, 1.82) is 0 Å². The standard InChI is InChI=1S/C13H18BNO4/c1-12(2)13(3,4)19-14(18-12)10-6-5-8(16)7-9(10)11(15)17/h5-7,16H,1-4H3,(H2,15,17). The van der Waals surface area contributed by atoms with Crippen LogP contribution >= 0.6 is 0 Å². The molecule has 6 heteroatoms. The minimum atomic E-state index is -0.673. The van der Waals surface area contributed by atoms with Crippen molar-refractivity contribution >= 4 is 18.5 Å². The van der Waals surface area contributed by atoms with Gasteiger partial charge in [0.2, 0.25) is 5.91 Å². The van der Waals surface area contributed by atoms with E-state index in [9.17, 15) is 9.90 Å². The Balaban J connectivity index is 2.42. The van der Waals surface area contributed by atoms with Gasteiger partial charge < -0.3 is 20.1 Å². The topological polar surface area (TPSA) is 81.8 Å². The number of carbonyl (C=O) groups excluding carboxylic acids is 1. The van der Waals surface area contributed by atoms with E-state index >= 15 is 0 Å². The molecule has 1 fully saturated rings. The molecule has 19 heavy (non-hydrogen) atoms. The van der Waals surface area contributed by atoms with E-state index in [0.717, 1.165) is 0 Å². The number of carbonyl (C=O) groups is 1. The highest BCUT2D eigenvalue weighted by Gasteiger charge is 2.52. The van der Waals surface area contributed by atoms with Gasteiger partial charge in [-0.05, 0) is 45.3 Å². The SMILES string of the molecule is CC1(C)OB(c2ccc(O)cc2C(N)=O)OC1(C)C. The van der Waals surface area contributed by atoms with E-state index in [1.807, 2.05) is 27.7 Å². The van der Waals surface area contributed by atoms with E-state index in [2.05, 4.69) is 0 Å². The van der Waals surface area contributed by atoms with Crippen LogP contribution < -0.4 is 11.2 Å². The molecule has 1 amide bonds. The molecule has 0 aliphatic carbocycles. The van der Waals surface area contributed by atoms with E-state index in [-0.39, 0.29) is 11.3 Å². The van der Waals surface area contributed by atoms with Gasteiger partial charge in [-0.25, -0.2) is 0 Å². The van der Waals surface area contributed by atoms with Gasteiger partial charge in [-0.3, -0.25) is 4.79 Å². The molecule has 0 spiro atoms. The Kier molecular flexibility index (Phi) is 3.11. The predicted molar refractivity (Wildman–Crippen MR) is 72.3 cm³/mol. The van der Waals surface area contributed by atoms with Crippen LogP contribution in [0.4, 0.5) is 0 Å². The molecule has 1 aliphatic heterocycles. The highest BCUT2D eigenvalue weighted by Crippen LogP contribution is 2.36. The van der Waals surface area contributed by atoms with E-state index in [4.69, 9.17) is 15.0 Å². The average Bonchev–Trinajstić information content (AvgIpc) is 2.47. The molecule has 1 aromatic carbocycles. The van der Waals surface area contributed by atoms with Crippen molar-refractivity contribution < 1.29 is 19.2 Å². The predicted octanol–water partition coefficient (Wildman–Crippen LogP) is 0.790. The summed E-state index contributed by atoms with van der Waals surface area (Å²) >= 11 is 0. The summed E-state index contributed by atoms with van der Waals surface area (Å²) in [5.41, 5.74) is 5.07. The van der Waals surface area contributed by atoms with Crippen LogP contribution in [0, 0.1) is 0 Å². The summed E-state index contributed by atoms with van der Waals surface area (Å²) in [6.07, 6.45) is 0. The molecule has 0 aromatic heterocycles. The highest BCUT2D eigenvalue weighted by molar-refractivity contribution is 6.63. The molecule has 2 rings (SSSR count). The van der Waals surface area contributed by atoms with Gasteiger partial charge in [0.25, 0.3) is 0 Å². The molecule has 0 bridgehead atoms. The van der Waals surface area contributed by atoms with Gasteiger partial charge in [0.05, 0.1) is 11.2 Å². The third kappa shape index (κ3) is 2.33. The molecule has 0 saturated carbocycles. The van der Waals surface area contributed by atoms with Crippen LogP contribution in [0.15, 0.2) is 18.2 Å². The Hall–Kier alpha value is -1.53. The number of amides is 1. The molecular weight excluding hydrogens is 245 g/mol. The van der Waals surface area contributed by atoms with Crippen molar-refractivity contribution in [2.24, 2.45) is 5.73 Å². The summed E-state index contributed by atoms with van der Waals surface area (Å²) in [5, 5.41) is 9.45. The Labute approximate surface area is 112 Å². The molecule has 1 saturated heterocycles. The van der Waals surface area contributed by atoms with Crippen molar-refractivity contribution in [3.63, 3.8) is 0 Å². The maximum absolute atomic E-state index is 11.5. The zero-order chi connectivity index (χ0) is 14.4. The molecule has 1 aromatic rings. The Bertz CT molecular complexity index is 511. The second-order valence-corrected chi connectivity index (χ2v) is 5.72. The van der Waals surface area contributed by atoms with Crippen LogP contribution in [0.2, 0.25) is 0 Å². The normalized spacial score (nSPS) is 20.5. The first-order valence-corrected chi connectivity index (χ1v) is 6.12. The summed E-state index contributed by atoms with van der Waals surface area (Å²) in [6.45, 7) is 7.71. The Morgan fingerprint density at radius 2 is 1.74 bits per heavy atom. The second-order valence-electron chi connectivity index (χ2n) is 5.72. The maximum atomic E-state index is 11.5. The Morgan fingerprint density at radius 3 is 2.21 bits per heavy atom. The maximum Gasteiger partial charge on any atom is 0.495 e. The fraction of sp³-hybridized carbons (Fsp3) is 0.462. The lowest BCUT2D eigenvalue weighted by molar-refractivity contribution is 0.00578. The molecule has 102 valence electrons. The fourth-order valence-electron chi connectivity index (χ4n) is 1.93. The van der Waals surface area contributed by atoms with Crippen LogP contribution in [-0.2, 0) is 9.31 Å². The monoisotopic (exact) mass is 263 g/mol. The highest BCUT2D eigenvalue weighted by atomic mass is 16.7. The summed E-state index contributed by atoms with van der Waals surface area (Å²) in [7, 11) is -0.673. The van der Waals surface area contributed by atoms with Crippen LogP contribution in [0.3, 0.4) is 0 Å². The average molecular weight is 263 g/mol. The van der Waals surface area contributed by atoms with E-state index in [1.165, 1.54) is 12.1 Å². The first-order valence-electron chi connectivity index (χ1n) is 6.12. The number of benzene rings is 1. The summed E-state index contributed by atoms with van der Waals surface area (Å²) in [5.74, 6) is -0.644. The lowest BCUT2D eigenvalue weighted by Crippen LogP contribution is -2.41. The largest absolute Gasteiger partial charge is 0.508 e. The minimum Gasteiger partial charge on any atom is -0.508 e. The van der Waals surface area contributed by atoms with E-state index < -0.39 is 24.2 Å². The molecular formula is C13H18BNO4. The zero-order valence-electron chi connectivity index (χ0n) is 11.6. The molecule has 0 unspecified atom stereocenters. The van der Waals surface area contributed by atoms with Gasteiger partial charge in [-0.15, -0.1) is 0 Å². The van der Waals surface area contributed by atoms with Gasteiger partial charge in [-0.2, -0.15) is 0 Å². The number of phenolic OH excluding ortho intramolecular Hbond substituents is 1. The third-order valence-corrected chi connectivity index (χ3v) is 3.81. The molecule has 1 heterocycles. The number of rotatable bonds is 2. The summed E-state index contributed by atoms with van der Waals surface area (Å²) in [6, 6.07) is 4.40. The van der Waals surface area contributed by atoms with E-state index in [1.54, 1.807) is 6.07 Å².